The average Bonchev–Trinajstić information content (AvgIpc) is 3.38. The Bertz CT molecular complexity index is 822. The third-order valence-corrected chi connectivity index (χ3v) is 5.76. The van der Waals surface area contributed by atoms with Gasteiger partial charge in [0.15, 0.2) is 0 Å². The predicted molar refractivity (Wildman–Crippen MR) is 99.3 cm³/mol. The predicted octanol–water partition coefficient (Wildman–Crippen LogP) is 2.46. The van der Waals surface area contributed by atoms with Gasteiger partial charge in [-0.1, -0.05) is 31.0 Å². The van der Waals surface area contributed by atoms with Crippen LogP contribution < -0.4 is 5.32 Å². The number of para-hydroxylation sites is 1. The fourth-order valence-electron chi connectivity index (χ4n) is 4.36. The maximum Gasteiger partial charge on any atom is 0.225 e. The molecule has 2 fully saturated rings. The van der Waals surface area contributed by atoms with E-state index >= 15 is 0 Å². The Morgan fingerprint density at radius 2 is 2.04 bits per heavy atom. The number of carbonyl (C=O) groups excluding carboxylic acids is 2. The van der Waals surface area contributed by atoms with Gasteiger partial charge in [-0.25, -0.2) is 0 Å². The summed E-state index contributed by atoms with van der Waals surface area (Å²) in [5, 5.41) is 8.71. The number of benzene rings is 1. The molecule has 2 heterocycles. The maximum absolute atomic E-state index is 12.6. The second-order valence-electron chi connectivity index (χ2n) is 7.38. The van der Waals surface area contributed by atoms with E-state index in [1.165, 1.54) is 12.8 Å². The maximum atomic E-state index is 12.6. The lowest BCUT2D eigenvalue weighted by molar-refractivity contribution is -0.130. The van der Waals surface area contributed by atoms with E-state index in [2.05, 4.69) is 17.3 Å². The average molecular weight is 354 g/mol. The molecule has 26 heavy (non-hydrogen) atoms. The summed E-state index contributed by atoms with van der Waals surface area (Å²) in [7, 11) is 0. The van der Waals surface area contributed by atoms with Gasteiger partial charge < -0.3 is 10.2 Å². The highest BCUT2D eigenvalue weighted by Crippen LogP contribution is 2.29. The first-order valence-electron chi connectivity index (χ1n) is 9.69. The van der Waals surface area contributed by atoms with Gasteiger partial charge in [-0.15, -0.1) is 0 Å². The van der Waals surface area contributed by atoms with Crippen LogP contribution in [-0.2, 0) is 22.7 Å². The van der Waals surface area contributed by atoms with E-state index in [-0.39, 0.29) is 17.7 Å². The Hall–Kier alpha value is -2.37. The highest BCUT2D eigenvalue weighted by molar-refractivity contribution is 5.89. The summed E-state index contributed by atoms with van der Waals surface area (Å²) >= 11 is 0. The second kappa shape index (κ2) is 7.09. The summed E-state index contributed by atoms with van der Waals surface area (Å²) in [5.41, 5.74) is 1.97. The first-order chi connectivity index (χ1) is 12.7. The lowest BCUT2D eigenvalue weighted by atomic mass is 10.1. The normalized spacial score (nSPS) is 21.0. The van der Waals surface area contributed by atoms with Crippen molar-refractivity contribution >= 4 is 22.7 Å². The highest BCUT2D eigenvalue weighted by atomic mass is 16.2. The lowest BCUT2D eigenvalue weighted by Crippen LogP contribution is -2.36. The van der Waals surface area contributed by atoms with Crippen molar-refractivity contribution in [3.8, 4) is 0 Å². The molecule has 0 spiro atoms. The van der Waals surface area contributed by atoms with E-state index in [0.717, 1.165) is 36.0 Å². The number of aryl methyl sites for hydroxylation is 1. The largest absolute Gasteiger partial charge is 0.350 e. The molecule has 0 radical (unpaired) electrons. The number of nitrogens with zero attached hydrogens (tertiary/aromatic N) is 3. The molecule has 1 aliphatic heterocycles. The van der Waals surface area contributed by atoms with Gasteiger partial charge in [-0.3, -0.25) is 14.3 Å². The minimum absolute atomic E-state index is 0.0334. The summed E-state index contributed by atoms with van der Waals surface area (Å²) in [6, 6.07) is 8.43. The third-order valence-electron chi connectivity index (χ3n) is 5.76. The van der Waals surface area contributed by atoms with Crippen molar-refractivity contribution in [3.63, 3.8) is 0 Å². The number of hydrogen-bond donors (Lipinski definition) is 1. The number of fused-ring (bicyclic) bond motifs is 1. The fourth-order valence-corrected chi connectivity index (χ4v) is 4.36. The minimum atomic E-state index is -0.234. The number of likely N-dealkylation sites (tertiary alicyclic amines) is 1. The van der Waals surface area contributed by atoms with Crippen molar-refractivity contribution in [2.75, 3.05) is 6.54 Å². The van der Waals surface area contributed by atoms with Gasteiger partial charge in [0.2, 0.25) is 11.8 Å². The zero-order chi connectivity index (χ0) is 18.1. The zero-order valence-corrected chi connectivity index (χ0v) is 15.3. The zero-order valence-electron chi connectivity index (χ0n) is 15.3. The second-order valence-corrected chi connectivity index (χ2v) is 7.38. The van der Waals surface area contributed by atoms with Gasteiger partial charge in [0.05, 0.1) is 23.7 Å². The molecule has 0 bridgehead atoms. The van der Waals surface area contributed by atoms with Crippen LogP contribution in [0.4, 0.5) is 0 Å². The number of amides is 2. The molecule has 1 saturated heterocycles. The van der Waals surface area contributed by atoms with Crippen molar-refractivity contribution in [1.82, 2.24) is 20.0 Å². The van der Waals surface area contributed by atoms with Gasteiger partial charge in [0.25, 0.3) is 0 Å². The molecular weight excluding hydrogens is 328 g/mol. The van der Waals surface area contributed by atoms with E-state index in [1.54, 1.807) is 0 Å². The van der Waals surface area contributed by atoms with E-state index in [0.29, 0.717) is 25.6 Å². The van der Waals surface area contributed by atoms with E-state index < -0.39 is 0 Å². The third kappa shape index (κ3) is 3.08. The van der Waals surface area contributed by atoms with Crippen LogP contribution in [0.5, 0.6) is 0 Å². The number of carbonyl (C=O) groups is 2. The molecular formula is C20H26N4O2. The van der Waals surface area contributed by atoms with Crippen LogP contribution in [0, 0.1) is 5.92 Å². The Labute approximate surface area is 153 Å². The highest BCUT2D eigenvalue weighted by Gasteiger charge is 2.38. The van der Waals surface area contributed by atoms with E-state index in [4.69, 9.17) is 0 Å². The summed E-state index contributed by atoms with van der Waals surface area (Å²) in [6.45, 7) is 3.82. The molecule has 1 atom stereocenters. The lowest BCUT2D eigenvalue weighted by Gasteiger charge is -2.23. The molecule has 0 unspecified atom stereocenters. The van der Waals surface area contributed by atoms with Crippen molar-refractivity contribution in [1.29, 1.82) is 0 Å². The van der Waals surface area contributed by atoms with Gasteiger partial charge in [-0.05, 0) is 25.8 Å². The van der Waals surface area contributed by atoms with Crippen LogP contribution >= 0.6 is 0 Å². The van der Waals surface area contributed by atoms with E-state index in [9.17, 15) is 9.59 Å². The van der Waals surface area contributed by atoms with Gasteiger partial charge in [0, 0.05) is 30.9 Å². The molecule has 1 aromatic carbocycles. The SMILES string of the molecule is CCn1nc(CNC(=O)[C@H]2CC(=O)N(C3CCCC3)C2)c2ccccc21. The standard InChI is InChI=1S/C20H26N4O2/c1-2-24-18-10-6-5-9-16(18)17(22-24)12-21-20(26)14-11-19(25)23(13-14)15-7-3-4-8-15/h5-6,9-10,14-15H,2-4,7-8,11-13H2,1H3,(H,21,26)/t14-/m0/s1. The first-order valence-corrected chi connectivity index (χ1v) is 9.69. The number of rotatable bonds is 5. The van der Waals surface area contributed by atoms with Crippen molar-refractivity contribution < 1.29 is 9.59 Å². The Balaban J connectivity index is 1.41. The topological polar surface area (TPSA) is 67.2 Å². The first kappa shape index (κ1) is 17.1. The minimum Gasteiger partial charge on any atom is -0.350 e. The van der Waals surface area contributed by atoms with Crippen molar-refractivity contribution in [3.05, 3.63) is 30.0 Å². The van der Waals surface area contributed by atoms with Crippen LogP contribution in [0.2, 0.25) is 0 Å². The van der Waals surface area contributed by atoms with Gasteiger partial charge >= 0.3 is 0 Å². The molecule has 6 heteroatoms. The van der Waals surface area contributed by atoms with E-state index in [1.807, 2.05) is 33.8 Å². The molecule has 1 saturated carbocycles. The molecule has 4 rings (SSSR count). The summed E-state index contributed by atoms with van der Waals surface area (Å²) in [6.07, 6.45) is 4.89. The number of hydrogen-bond acceptors (Lipinski definition) is 3. The quantitative estimate of drug-likeness (QED) is 0.897. The molecule has 2 aromatic rings. The van der Waals surface area contributed by atoms with Crippen LogP contribution in [0.1, 0.15) is 44.7 Å². The molecule has 2 amide bonds. The van der Waals surface area contributed by atoms with Gasteiger partial charge in [-0.2, -0.15) is 5.10 Å². The van der Waals surface area contributed by atoms with Crippen LogP contribution in [0.3, 0.4) is 0 Å². The van der Waals surface area contributed by atoms with Crippen molar-refractivity contribution in [2.24, 2.45) is 5.92 Å². The molecule has 6 nitrogen and oxygen atoms in total. The van der Waals surface area contributed by atoms with Crippen LogP contribution in [0.25, 0.3) is 10.9 Å². The Morgan fingerprint density at radius 1 is 1.27 bits per heavy atom. The summed E-state index contributed by atoms with van der Waals surface area (Å²) < 4.78 is 1.96. The summed E-state index contributed by atoms with van der Waals surface area (Å²) in [4.78, 5) is 26.9. The van der Waals surface area contributed by atoms with Gasteiger partial charge in [0.1, 0.15) is 0 Å². The fraction of sp³-hybridized carbons (Fsp3) is 0.550. The molecule has 1 aromatic heterocycles. The smallest absolute Gasteiger partial charge is 0.225 e. The van der Waals surface area contributed by atoms with Crippen LogP contribution in [0.15, 0.2) is 24.3 Å². The number of nitrogens with one attached hydrogen (secondary N) is 1. The molecule has 138 valence electrons. The summed E-state index contributed by atoms with van der Waals surface area (Å²) in [5.74, 6) is -0.130. The molecule has 1 aliphatic carbocycles. The molecule has 1 N–H and O–H groups in total. The monoisotopic (exact) mass is 354 g/mol. The molecule has 2 aliphatic rings. The number of aromatic nitrogens is 2. The van der Waals surface area contributed by atoms with Crippen LogP contribution in [-0.4, -0.2) is 39.1 Å². The Kier molecular flexibility index (Phi) is 4.66. The van der Waals surface area contributed by atoms with Crippen molar-refractivity contribution in [2.45, 2.75) is 58.2 Å². The Morgan fingerprint density at radius 3 is 2.81 bits per heavy atom.